The van der Waals surface area contributed by atoms with E-state index in [0.717, 1.165) is 17.0 Å². The highest BCUT2D eigenvalue weighted by Crippen LogP contribution is 2.30. The van der Waals surface area contributed by atoms with Gasteiger partial charge in [0.05, 0.1) is 5.01 Å². The number of benzene rings is 1. The molecule has 0 unspecified atom stereocenters. The van der Waals surface area contributed by atoms with Crippen molar-refractivity contribution in [2.45, 2.75) is 25.7 Å². The third-order valence-corrected chi connectivity index (χ3v) is 4.28. The number of aromatic nitrogens is 1. The molecule has 0 amide bonds. The van der Waals surface area contributed by atoms with Gasteiger partial charge in [0.25, 0.3) is 0 Å². The monoisotopic (exact) mass is 295 g/mol. The van der Waals surface area contributed by atoms with Crippen LogP contribution in [0, 0.1) is 0 Å². The van der Waals surface area contributed by atoms with Crippen LogP contribution >= 0.6 is 22.9 Å². The number of nitrogens with zero attached hydrogens (tertiary/aromatic N) is 1. The molecule has 5 heteroatoms. The number of carboxylic acids is 1. The Kier molecular flexibility index (Phi) is 3.92. The molecule has 0 spiro atoms. The van der Waals surface area contributed by atoms with Gasteiger partial charge in [-0.2, -0.15) is 0 Å². The first-order chi connectivity index (χ1) is 8.88. The van der Waals surface area contributed by atoms with Crippen molar-refractivity contribution in [2.75, 3.05) is 0 Å². The van der Waals surface area contributed by atoms with Gasteiger partial charge in [0, 0.05) is 15.8 Å². The Morgan fingerprint density at radius 3 is 2.79 bits per heavy atom. The van der Waals surface area contributed by atoms with Crippen molar-refractivity contribution in [1.29, 1.82) is 0 Å². The number of hydrogen-bond acceptors (Lipinski definition) is 3. The summed E-state index contributed by atoms with van der Waals surface area (Å²) in [6.07, 6.45) is 0.764. The van der Waals surface area contributed by atoms with E-state index in [2.05, 4.69) is 18.8 Å². The lowest BCUT2D eigenvalue weighted by Gasteiger charge is -2.22. The fourth-order valence-corrected chi connectivity index (χ4v) is 3.05. The van der Waals surface area contributed by atoms with Crippen LogP contribution in [0.5, 0.6) is 0 Å². The Labute approximate surface area is 120 Å². The molecule has 1 heterocycles. The van der Waals surface area contributed by atoms with Crippen LogP contribution in [-0.2, 0) is 11.8 Å². The molecule has 1 N–H and O–H groups in total. The van der Waals surface area contributed by atoms with Crippen LogP contribution in [0.15, 0.2) is 29.6 Å². The molecule has 3 nitrogen and oxygen atoms in total. The molecule has 0 aliphatic heterocycles. The lowest BCUT2D eigenvalue weighted by atomic mass is 9.86. The first kappa shape index (κ1) is 14.0. The van der Waals surface area contributed by atoms with E-state index in [-0.39, 0.29) is 11.1 Å². The molecule has 2 rings (SSSR count). The van der Waals surface area contributed by atoms with Crippen molar-refractivity contribution >= 4 is 28.9 Å². The summed E-state index contributed by atoms with van der Waals surface area (Å²) in [7, 11) is 0. The average Bonchev–Trinajstić information content (AvgIpc) is 2.78. The van der Waals surface area contributed by atoms with E-state index in [1.807, 2.05) is 24.3 Å². The summed E-state index contributed by atoms with van der Waals surface area (Å²) in [4.78, 5) is 15.1. The Morgan fingerprint density at radius 2 is 2.21 bits per heavy atom. The normalized spacial score (nSPS) is 11.5. The van der Waals surface area contributed by atoms with Crippen LogP contribution in [0.3, 0.4) is 0 Å². The van der Waals surface area contributed by atoms with Gasteiger partial charge in [0.2, 0.25) is 0 Å². The Balaban J connectivity index is 2.23. The summed E-state index contributed by atoms with van der Waals surface area (Å²) in [5.41, 5.74) is 1.01. The maximum Gasteiger partial charge on any atom is 0.355 e. The van der Waals surface area contributed by atoms with Gasteiger partial charge in [-0.15, -0.1) is 11.3 Å². The largest absolute Gasteiger partial charge is 0.476 e. The van der Waals surface area contributed by atoms with Gasteiger partial charge < -0.3 is 5.11 Å². The van der Waals surface area contributed by atoms with E-state index >= 15 is 0 Å². The second-order valence-corrected chi connectivity index (χ2v) is 6.33. The molecule has 1 aromatic carbocycles. The summed E-state index contributed by atoms with van der Waals surface area (Å²) < 4.78 is 0. The number of rotatable bonds is 4. The summed E-state index contributed by atoms with van der Waals surface area (Å²) in [6.45, 7) is 4.11. The van der Waals surface area contributed by atoms with Crippen LogP contribution in [0.4, 0.5) is 0 Å². The lowest BCUT2D eigenvalue weighted by molar-refractivity contribution is 0.0691. The molecule has 19 heavy (non-hydrogen) atoms. The average molecular weight is 296 g/mol. The van der Waals surface area contributed by atoms with Crippen molar-refractivity contribution in [3.63, 3.8) is 0 Å². The van der Waals surface area contributed by atoms with Crippen LogP contribution in [0.1, 0.15) is 34.9 Å². The molecule has 100 valence electrons. The summed E-state index contributed by atoms with van der Waals surface area (Å²) in [6, 6.07) is 7.69. The molecular weight excluding hydrogens is 282 g/mol. The van der Waals surface area contributed by atoms with Crippen molar-refractivity contribution in [1.82, 2.24) is 4.98 Å². The topological polar surface area (TPSA) is 50.2 Å². The van der Waals surface area contributed by atoms with Gasteiger partial charge in [0.15, 0.2) is 5.69 Å². The first-order valence-electron chi connectivity index (χ1n) is 5.82. The van der Waals surface area contributed by atoms with Gasteiger partial charge in [-0.3, -0.25) is 0 Å². The SMILES string of the molecule is CC(C)(Cc1cccc(Cl)c1)c1nc(C(=O)O)cs1. The summed E-state index contributed by atoms with van der Waals surface area (Å²) in [5.74, 6) is -0.985. The van der Waals surface area contributed by atoms with Crippen molar-refractivity contribution < 1.29 is 9.90 Å². The first-order valence-corrected chi connectivity index (χ1v) is 7.08. The predicted molar refractivity (Wildman–Crippen MR) is 77.3 cm³/mol. The molecule has 0 radical (unpaired) electrons. The van der Waals surface area contributed by atoms with Gasteiger partial charge in [0.1, 0.15) is 0 Å². The quantitative estimate of drug-likeness (QED) is 0.927. The fourth-order valence-electron chi connectivity index (χ4n) is 1.92. The standard InChI is InChI=1S/C14H14ClNO2S/c1-14(2,7-9-4-3-5-10(15)6-9)13-16-11(8-19-13)12(17)18/h3-6,8H,7H2,1-2H3,(H,17,18). The zero-order chi connectivity index (χ0) is 14.0. The number of carboxylic acid groups (broad SMARTS) is 1. The van der Waals surface area contributed by atoms with Crippen molar-refractivity contribution in [2.24, 2.45) is 0 Å². The van der Waals surface area contributed by atoms with Crippen molar-refractivity contribution in [3.8, 4) is 0 Å². The number of thiazole rings is 1. The molecule has 0 atom stereocenters. The maximum atomic E-state index is 10.9. The minimum absolute atomic E-state index is 0.110. The number of hydrogen-bond donors (Lipinski definition) is 1. The third kappa shape index (κ3) is 3.33. The molecule has 0 bridgehead atoms. The minimum Gasteiger partial charge on any atom is -0.476 e. The van der Waals surface area contributed by atoms with E-state index < -0.39 is 5.97 Å². The van der Waals surface area contributed by atoms with E-state index in [0.29, 0.717) is 5.02 Å². The Hall–Kier alpha value is -1.39. The molecule has 2 aromatic rings. The molecule has 0 fully saturated rings. The second kappa shape index (κ2) is 5.31. The molecule has 1 aromatic heterocycles. The second-order valence-electron chi connectivity index (χ2n) is 5.03. The number of halogens is 1. The summed E-state index contributed by atoms with van der Waals surface area (Å²) >= 11 is 7.36. The van der Waals surface area contributed by atoms with Crippen molar-refractivity contribution in [3.05, 3.63) is 50.9 Å². The highest BCUT2D eigenvalue weighted by Gasteiger charge is 2.26. The van der Waals surface area contributed by atoms with Gasteiger partial charge in [-0.25, -0.2) is 9.78 Å². The number of aromatic carboxylic acids is 1. The van der Waals surface area contributed by atoms with Crippen LogP contribution in [-0.4, -0.2) is 16.1 Å². The Bertz CT molecular complexity index is 607. The molecule has 0 aliphatic carbocycles. The van der Waals surface area contributed by atoms with E-state index in [1.165, 1.54) is 11.3 Å². The van der Waals surface area contributed by atoms with E-state index in [4.69, 9.17) is 16.7 Å². The van der Waals surface area contributed by atoms with Crippen LogP contribution < -0.4 is 0 Å². The van der Waals surface area contributed by atoms with Gasteiger partial charge in [-0.1, -0.05) is 37.6 Å². The zero-order valence-corrected chi connectivity index (χ0v) is 12.3. The molecule has 0 saturated carbocycles. The van der Waals surface area contributed by atoms with Gasteiger partial charge >= 0.3 is 5.97 Å². The zero-order valence-electron chi connectivity index (χ0n) is 10.7. The van der Waals surface area contributed by atoms with E-state index in [9.17, 15) is 4.79 Å². The third-order valence-electron chi connectivity index (χ3n) is 2.84. The predicted octanol–water partition coefficient (Wildman–Crippen LogP) is 4.02. The lowest BCUT2D eigenvalue weighted by Crippen LogP contribution is -2.20. The molecular formula is C14H14ClNO2S. The highest BCUT2D eigenvalue weighted by atomic mass is 35.5. The smallest absolute Gasteiger partial charge is 0.355 e. The van der Waals surface area contributed by atoms with E-state index in [1.54, 1.807) is 5.38 Å². The van der Waals surface area contributed by atoms with Crippen LogP contribution in [0.25, 0.3) is 0 Å². The van der Waals surface area contributed by atoms with Crippen LogP contribution in [0.2, 0.25) is 5.02 Å². The molecule has 0 aliphatic rings. The summed E-state index contributed by atoms with van der Waals surface area (Å²) in [5, 5.41) is 12.0. The number of carbonyl (C=O) groups is 1. The maximum absolute atomic E-state index is 10.9. The highest BCUT2D eigenvalue weighted by molar-refractivity contribution is 7.10. The Morgan fingerprint density at radius 1 is 1.47 bits per heavy atom. The minimum atomic E-state index is -0.985. The van der Waals surface area contributed by atoms with Gasteiger partial charge in [-0.05, 0) is 24.1 Å². The fraction of sp³-hybridized carbons (Fsp3) is 0.286. The molecule has 0 saturated heterocycles.